The molecule has 0 unspecified atom stereocenters. The predicted molar refractivity (Wildman–Crippen MR) is 110 cm³/mol. The predicted octanol–water partition coefficient (Wildman–Crippen LogP) is 4.68. The van der Waals surface area contributed by atoms with Crippen molar-refractivity contribution in [1.29, 1.82) is 0 Å². The standard InChI is InChI=1S/C23H23N3O/c24-19-13-11-18(12-14-19)17-23-25-21-9-4-5-10-22(21)26(23)15-6-16-27-20-7-2-1-3-8-20/h1-5,7-14H,6,15-17,24H2. The molecule has 0 aliphatic heterocycles. The van der Waals surface area contributed by atoms with Gasteiger partial charge in [0.1, 0.15) is 11.6 Å². The molecule has 0 spiro atoms. The quantitative estimate of drug-likeness (QED) is 0.386. The smallest absolute Gasteiger partial charge is 0.119 e. The molecule has 0 fully saturated rings. The van der Waals surface area contributed by atoms with Crippen molar-refractivity contribution in [2.24, 2.45) is 0 Å². The van der Waals surface area contributed by atoms with Gasteiger partial charge in [0, 0.05) is 18.7 Å². The van der Waals surface area contributed by atoms with Crippen LogP contribution < -0.4 is 10.5 Å². The lowest BCUT2D eigenvalue weighted by atomic mass is 10.1. The van der Waals surface area contributed by atoms with Crippen LogP contribution in [0, 0.1) is 0 Å². The summed E-state index contributed by atoms with van der Waals surface area (Å²) in [6, 6.07) is 26.3. The van der Waals surface area contributed by atoms with E-state index >= 15 is 0 Å². The zero-order chi connectivity index (χ0) is 18.5. The van der Waals surface area contributed by atoms with Gasteiger partial charge in [-0.05, 0) is 48.4 Å². The first-order chi connectivity index (χ1) is 13.3. The normalized spacial score (nSPS) is 11.0. The monoisotopic (exact) mass is 357 g/mol. The third kappa shape index (κ3) is 4.11. The Morgan fingerprint density at radius 1 is 0.852 bits per heavy atom. The van der Waals surface area contributed by atoms with Crippen LogP contribution in [0.25, 0.3) is 11.0 Å². The highest BCUT2D eigenvalue weighted by molar-refractivity contribution is 5.76. The highest BCUT2D eigenvalue weighted by atomic mass is 16.5. The second kappa shape index (κ2) is 7.96. The van der Waals surface area contributed by atoms with Crippen molar-refractivity contribution < 1.29 is 4.74 Å². The fraction of sp³-hybridized carbons (Fsp3) is 0.174. The Bertz CT molecular complexity index is 1010. The molecule has 27 heavy (non-hydrogen) atoms. The summed E-state index contributed by atoms with van der Waals surface area (Å²) < 4.78 is 8.15. The van der Waals surface area contributed by atoms with Crippen LogP contribution in [-0.4, -0.2) is 16.2 Å². The summed E-state index contributed by atoms with van der Waals surface area (Å²) in [7, 11) is 0. The number of fused-ring (bicyclic) bond motifs is 1. The summed E-state index contributed by atoms with van der Waals surface area (Å²) in [6.07, 6.45) is 1.71. The van der Waals surface area contributed by atoms with Crippen LogP contribution in [-0.2, 0) is 13.0 Å². The lowest BCUT2D eigenvalue weighted by molar-refractivity contribution is 0.302. The van der Waals surface area contributed by atoms with Gasteiger partial charge in [0.2, 0.25) is 0 Å². The SMILES string of the molecule is Nc1ccc(Cc2nc3ccccc3n2CCCOc2ccccc2)cc1. The summed E-state index contributed by atoms with van der Waals surface area (Å²) in [5.74, 6) is 1.98. The van der Waals surface area contributed by atoms with Crippen LogP contribution in [0.2, 0.25) is 0 Å². The molecular weight excluding hydrogens is 334 g/mol. The molecule has 0 atom stereocenters. The third-order valence-electron chi connectivity index (χ3n) is 4.61. The van der Waals surface area contributed by atoms with Crippen LogP contribution >= 0.6 is 0 Å². The highest BCUT2D eigenvalue weighted by Crippen LogP contribution is 2.20. The summed E-state index contributed by atoms with van der Waals surface area (Å²) in [5.41, 5.74) is 10.0. The number of para-hydroxylation sites is 3. The van der Waals surface area contributed by atoms with Gasteiger partial charge in [-0.2, -0.15) is 0 Å². The van der Waals surface area contributed by atoms with Gasteiger partial charge < -0.3 is 15.0 Å². The summed E-state index contributed by atoms with van der Waals surface area (Å²) in [5, 5.41) is 0. The zero-order valence-electron chi connectivity index (χ0n) is 15.2. The van der Waals surface area contributed by atoms with E-state index in [0.29, 0.717) is 6.61 Å². The van der Waals surface area contributed by atoms with Crippen molar-refractivity contribution >= 4 is 16.7 Å². The van der Waals surface area contributed by atoms with Gasteiger partial charge in [0.05, 0.1) is 17.6 Å². The van der Waals surface area contributed by atoms with Crippen molar-refractivity contribution in [3.8, 4) is 5.75 Å². The number of hydrogen-bond donors (Lipinski definition) is 1. The van der Waals surface area contributed by atoms with Crippen LogP contribution in [0.5, 0.6) is 5.75 Å². The summed E-state index contributed by atoms with van der Waals surface area (Å²) >= 11 is 0. The molecule has 4 nitrogen and oxygen atoms in total. The lowest BCUT2D eigenvalue weighted by Crippen LogP contribution is -2.08. The Balaban J connectivity index is 1.50. The Kier molecular flexibility index (Phi) is 5.06. The maximum atomic E-state index is 5.84. The van der Waals surface area contributed by atoms with E-state index in [0.717, 1.165) is 42.2 Å². The average Bonchev–Trinajstić information content (AvgIpc) is 3.05. The topological polar surface area (TPSA) is 53.1 Å². The maximum Gasteiger partial charge on any atom is 0.119 e. The number of hydrogen-bond acceptors (Lipinski definition) is 3. The molecule has 3 aromatic carbocycles. The largest absolute Gasteiger partial charge is 0.494 e. The summed E-state index contributed by atoms with van der Waals surface area (Å²) in [4.78, 5) is 4.86. The third-order valence-corrected chi connectivity index (χ3v) is 4.61. The number of imidazole rings is 1. The first-order valence-corrected chi connectivity index (χ1v) is 9.26. The van der Waals surface area contributed by atoms with E-state index in [4.69, 9.17) is 15.5 Å². The Labute approximate surface area is 159 Å². The molecule has 1 aromatic heterocycles. The van der Waals surface area contributed by atoms with Gasteiger partial charge in [0.15, 0.2) is 0 Å². The molecule has 4 aromatic rings. The minimum absolute atomic E-state index is 0.678. The molecule has 2 N–H and O–H groups in total. The molecule has 0 saturated heterocycles. The van der Waals surface area contributed by atoms with Crippen molar-refractivity contribution in [1.82, 2.24) is 9.55 Å². The van der Waals surface area contributed by atoms with Crippen LogP contribution in [0.3, 0.4) is 0 Å². The number of nitrogens with zero attached hydrogens (tertiary/aromatic N) is 2. The minimum Gasteiger partial charge on any atom is -0.494 e. The molecule has 0 saturated carbocycles. The highest BCUT2D eigenvalue weighted by Gasteiger charge is 2.11. The Morgan fingerprint density at radius 3 is 2.41 bits per heavy atom. The van der Waals surface area contributed by atoms with E-state index in [9.17, 15) is 0 Å². The van der Waals surface area contributed by atoms with Crippen molar-refractivity contribution in [3.63, 3.8) is 0 Å². The Hall–Kier alpha value is -3.27. The van der Waals surface area contributed by atoms with Gasteiger partial charge >= 0.3 is 0 Å². The van der Waals surface area contributed by atoms with Crippen molar-refractivity contribution in [2.75, 3.05) is 12.3 Å². The van der Waals surface area contributed by atoms with Gasteiger partial charge in [-0.3, -0.25) is 0 Å². The number of aromatic nitrogens is 2. The molecule has 1 heterocycles. The fourth-order valence-electron chi connectivity index (χ4n) is 3.26. The van der Waals surface area contributed by atoms with E-state index in [1.165, 1.54) is 11.1 Å². The van der Waals surface area contributed by atoms with E-state index in [1.54, 1.807) is 0 Å². The molecule has 0 amide bonds. The minimum atomic E-state index is 0.678. The number of anilines is 1. The maximum absolute atomic E-state index is 5.84. The van der Waals surface area contributed by atoms with E-state index in [2.05, 4.69) is 34.9 Å². The lowest BCUT2D eigenvalue weighted by Gasteiger charge is -2.11. The van der Waals surface area contributed by atoms with Gasteiger partial charge in [-0.15, -0.1) is 0 Å². The number of aryl methyl sites for hydroxylation is 1. The van der Waals surface area contributed by atoms with E-state index < -0.39 is 0 Å². The number of ether oxygens (including phenoxy) is 1. The summed E-state index contributed by atoms with van der Waals surface area (Å²) in [6.45, 7) is 1.55. The second-order valence-electron chi connectivity index (χ2n) is 6.60. The van der Waals surface area contributed by atoms with Crippen LogP contribution in [0.4, 0.5) is 5.69 Å². The zero-order valence-corrected chi connectivity index (χ0v) is 15.2. The number of rotatable bonds is 7. The van der Waals surface area contributed by atoms with Crippen LogP contribution in [0.15, 0.2) is 78.9 Å². The first-order valence-electron chi connectivity index (χ1n) is 9.26. The van der Waals surface area contributed by atoms with Crippen molar-refractivity contribution in [2.45, 2.75) is 19.4 Å². The van der Waals surface area contributed by atoms with Gasteiger partial charge in [0.25, 0.3) is 0 Å². The first kappa shape index (κ1) is 17.2. The fourth-order valence-corrected chi connectivity index (χ4v) is 3.26. The molecule has 0 aliphatic rings. The molecule has 4 rings (SSSR count). The van der Waals surface area contributed by atoms with E-state index in [-0.39, 0.29) is 0 Å². The van der Waals surface area contributed by atoms with E-state index in [1.807, 2.05) is 48.5 Å². The van der Waals surface area contributed by atoms with Gasteiger partial charge in [-0.1, -0.05) is 42.5 Å². The molecule has 136 valence electrons. The number of benzene rings is 3. The molecular formula is C23H23N3O. The molecule has 0 radical (unpaired) electrons. The molecule has 0 bridgehead atoms. The Morgan fingerprint density at radius 2 is 1.59 bits per heavy atom. The van der Waals surface area contributed by atoms with Crippen LogP contribution in [0.1, 0.15) is 17.8 Å². The van der Waals surface area contributed by atoms with Crippen molar-refractivity contribution in [3.05, 3.63) is 90.3 Å². The number of nitrogen functional groups attached to an aromatic ring is 1. The average molecular weight is 357 g/mol. The second-order valence-corrected chi connectivity index (χ2v) is 6.60. The molecule has 0 aliphatic carbocycles. The number of nitrogens with two attached hydrogens (primary N) is 1. The van der Waals surface area contributed by atoms with Gasteiger partial charge in [-0.25, -0.2) is 4.98 Å². The molecule has 4 heteroatoms.